The summed E-state index contributed by atoms with van der Waals surface area (Å²) in [6, 6.07) is 7.31. The van der Waals surface area contributed by atoms with Crippen LogP contribution in [0.3, 0.4) is 0 Å². The first kappa shape index (κ1) is 15.6. The molecule has 0 N–H and O–H groups in total. The van der Waals surface area contributed by atoms with Crippen LogP contribution in [-0.2, 0) is 9.47 Å². The van der Waals surface area contributed by atoms with E-state index < -0.39 is 0 Å². The third-order valence-electron chi connectivity index (χ3n) is 3.22. The van der Waals surface area contributed by atoms with Gasteiger partial charge in [0, 0.05) is 10.6 Å². The zero-order chi connectivity index (χ0) is 14.6. The van der Waals surface area contributed by atoms with E-state index in [9.17, 15) is 0 Å². The Morgan fingerprint density at radius 2 is 1.95 bits per heavy atom. The third-order valence-corrected chi connectivity index (χ3v) is 3.47. The van der Waals surface area contributed by atoms with Gasteiger partial charge in [0.25, 0.3) is 0 Å². The van der Waals surface area contributed by atoms with Crippen molar-refractivity contribution < 1.29 is 14.2 Å². The van der Waals surface area contributed by atoms with Crippen molar-refractivity contribution in [3.8, 4) is 5.75 Å². The van der Waals surface area contributed by atoms with Crippen LogP contribution in [0.1, 0.15) is 20.8 Å². The van der Waals surface area contributed by atoms with E-state index in [0.717, 1.165) is 5.75 Å². The van der Waals surface area contributed by atoms with E-state index in [2.05, 4.69) is 25.7 Å². The van der Waals surface area contributed by atoms with Crippen LogP contribution in [0.2, 0.25) is 5.02 Å². The van der Waals surface area contributed by atoms with Crippen LogP contribution in [-0.4, -0.2) is 43.2 Å². The standard InChI is InChI=1S/C15H22ClNO3/c1-15(2,3)17-10-18-8-14(20-11-17)9-19-13-6-4-12(16)5-7-13/h4-7,14H,8-11H2,1-3H3/t14-/m0/s1. The van der Waals surface area contributed by atoms with E-state index in [-0.39, 0.29) is 11.6 Å². The predicted octanol–water partition coefficient (Wildman–Crippen LogP) is 3.15. The van der Waals surface area contributed by atoms with E-state index in [1.807, 2.05) is 24.3 Å². The molecule has 0 saturated carbocycles. The van der Waals surface area contributed by atoms with Gasteiger partial charge in [-0.2, -0.15) is 0 Å². The maximum absolute atomic E-state index is 5.84. The van der Waals surface area contributed by atoms with Crippen LogP contribution in [0.25, 0.3) is 0 Å². The van der Waals surface area contributed by atoms with E-state index in [0.29, 0.717) is 31.7 Å². The normalized spacial score (nSPS) is 21.5. The molecule has 1 fully saturated rings. The molecule has 0 aliphatic carbocycles. The molecular formula is C15H22ClNO3. The molecule has 0 bridgehead atoms. The molecule has 1 aromatic carbocycles. The zero-order valence-corrected chi connectivity index (χ0v) is 13.0. The summed E-state index contributed by atoms with van der Waals surface area (Å²) in [6.07, 6.45) is -0.0574. The van der Waals surface area contributed by atoms with Crippen molar-refractivity contribution in [2.75, 3.05) is 26.7 Å². The number of halogens is 1. The number of nitrogens with zero attached hydrogens (tertiary/aromatic N) is 1. The van der Waals surface area contributed by atoms with Crippen molar-refractivity contribution in [3.05, 3.63) is 29.3 Å². The fraction of sp³-hybridized carbons (Fsp3) is 0.600. The monoisotopic (exact) mass is 299 g/mol. The highest BCUT2D eigenvalue weighted by molar-refractivity contribution is 6.30. The number of rotatable bonds is 3. The zero-order valence-electron chi connectivity index (χ0n) is 12.3. The van der Waals surface area contributed by atoms with Gasteiger partial charge in [0.2, 0.25) is 0 Å². The molecule has 112 valence electrons. The highest BCUT2D eigenvalue weighted by Gasteiger charge is 2.26. The van der Waals surface area contributed by atoms with Gasteiger partial charge in [-0.05, 0) is 45.0 Å². The Morgan fingerprint density at radius 1 is 1.25 bits per heavy atom. The highest BCUT2D eigenvalue weighted by atomic mass is 35.5. The molecule has 1 aromatic rings. The lowest BCUT2D eigenvalue weighted by molar-refractivity contribution is -0.0500. The van der Waals surface area contributed by atoms with Crippen LogP contribution in [0.4, 0.5) is 0 Å². The Balaban J connectivity index is 1.81. The highest BCUT2D eigenvalue weighted by Crippen LogP contribution is 2.18. The molecule has 1 saturated heterocycles. The van der Waals surface area contributed by atoms with E-state index >= 15 is 0 Å². The number of hydrogen-bond acceptors (Lipinski definition) is 4. The minimum absolute atomic E-state index is 0.0337. The second kappa shape index (κ2) is 6.76. The van der Waals surface area contributed by atoms with Gasteiger partial charge in [-0.3, -0.25) is 4.90 Å². The lowest BCUT2D eigenvalue weighted by atomic mass is 10.1. The minimum Gasteiger partial charge on any atom is -0.491 e. The predicted molar refractivity (Wildman–Crippen MR) is 79.1 cm³/mol. The minimum atomic E-state index is -0.0574. The summed E-state index contributed by atoms with van der Waals surface area (Å²) < 4.78 is 17.2. The summed E-state index contributed by atoms with van der Waals surface area (Å²) in [6.45, 7) is 8.58. The average Bonchev–Trinajstić information content (AvgIpc) is 2.63. The van der Waals surface area contributed by atoms with Gasteiger partial charge < -0.3 is 14.2 Å². The number of benzene rings is 1. The van der Waals surface area contributed by atoms with Crippen molar-refractivity contribution in [3.63, 3.8) is 0 Å². The van der Waals surface area contributed by atoms with Crippen LogP contribution < -0.4 is 4.74 Å². The van der Waals surface area contributed by atoms with Gasteiger partial charge in [-0.15, -0.1) is 0 Å². The lowest BCUT2D eigenvalue weighted by Crippen LogP contribution is -2.43. The van der Waals surface area contributed by atoms with Gasteiger partial charge in [0.15, 0.2) is 0 Å². The van der Waals surface area contributed by atoms with Crippen molar-refractivity contribution in [2.45, 2.75) is 32.4 Å². The molecule has 1 atom stereocenters. The third kappa shape index (κ3) is 4.63. The molecule has 20 heavy (non-hydrogen) atoms. The first-order chi connectivity index (χ1) is 9.45. The molecule has 0 amide bonds. The summed E-state index contributed by atoms with van der Waals surface area (Å²) in [4.78, 5) is 2.15. The number of hydrogen-bond donors (Lipinski definition) is 0. The maximum atomic E-state index is 5.84. The van der Waals surface area contributed by atoms with Gasteiger partial charge in [0.05, 0.1) is 6.61 Å². The van der Waals surface area contributed by atoms with Gasteiger partial charge in [0.1, 0.15) is 31.9 Å². The van der Waals surface area contributed by atoms with Crippen LogP contribution >= 0.6 is 11.6 Å². The van der Waals surface area contributed by atoms with Crippen molar-refractivity contribution >= 4 is 11.6 Å². The van der Waals surface area contributed by atoms with Crippen molar-refractivity contribution in [2.24, 2.45) is 0 Å². The molecule has 2 rings (SSSR count). The maximum Gasteiger partial charge on any atom is 0.119 e. The molecular weight excluding hydrogens is 278 g/mol. The molecule has 5 heteroatoms. The second-order valence-electron chi connectivity index (χ2n) is 5.89. The number of ether oxygens (including phenoxy) is 3. The Hall–Kier alpha value is -0.810. The summed E-state index contributed by atoms with van der Waals surface area (Å²) in [5, 5.41) is 0.701. The fourth-order valence-corrected chi connectivity index (χ4v) is 1.90. The van der Waals surface area contributed by atoms with E-state index in [1.54, 1.807) is 0 Å². The largest absolute Gasteiger partial charge is 0.491 e. The smallest absolute Gasteiger partial charge is 0.119 e. The lowest BCUT2D eigenvalue weighted by Gasteiger charge is -2.33. The molecule has 1 aliphatic heterocycles. The van der Waals surface area contributed by atoms with Crippen LogP contribution in [0.15, 0.2) is 24.3 Å². The molecule has 1 heterocycles. The van der Waals surface area contributed by atoms with Gasteiger partial charge in [-0.1, -0.05) is 11.6 Å². The van der Waals surface area contributed by atoms with Gasteiger partial charge >= 0.3 is 0 Å². The Kier molecular flexibility index (Phi) is 5.27. The molecule has 0 spiro atoms. The second-order valence-corrected chi connectivity index (χ2v) is 6.33. The summed E-state index contributed by atoms with van der Waals surface area (Å²) in [7, 11) is 0. The van der Waals surface area contributed by atoms with Crippen molar-refractivity contribution in [1.82, 2.24) is 4.90 Å². The Morgan fingerprint density at radius 3 is 2.60 bits per heavy atom. The quantitative estimate of drug-likeness (QED) is 0.858. The first-order valence-corrected chi connectivity index (χ1v) is 7.16. The Labute approximate surface area is 125 Å². The van der Waals surface area contributed by atoms with Gasteiger partial charge in [-0.25, -0.2) is 0 Å². The van der Waals surface area contributed by atoms with Crippen LogP contribution in [0, 0.1) is 0 Å². The molecule has 0 aromatic heterocycles. The SMILES string of the molecule is CC(C)(C)N1COC[C@@H](COc2ccc(Cl)cc2)OC1. The summed E-state index contributed by atoms with van der Waals surface area (Å²) in [5.41, 5.74) is 0.0337. The van der Waals surface area contributed by atoms with Crippen molar-refractivity contribution in [1.29, 1.82) is 0 Å². The van der Waals surface area contributed by atoms with E-state index in [1.165, 1.54) is 0 Å². The molecule has 0 radical (unpaired) electrons. The molecule has 4 nitrogen and oxygen atoms in total. The Bertz CT molecular complexity index is 416. The molecule has 0 unspecified atom stereocenters. The first-order valence-electron chi connectivity index (χ1n) is 6.78. The van der Waals surface area contributed by atoms with Crippen LogP contribution in [0.5, 0.6) is 5.75 Å². The van der Waals surface area contributed by atoms with E-state index in [4.69, 9.17) is 25.8 Å². The average molecular weight is 300 g/mol. The molecule has 1 aliphatic rings. The summed E-state index contributed by atoms with van der Waals surface area (Å²) >= 11 is 5.84. The fourth-order valence-electron chi connectivity index (χ4n) is 1.78. The summed E-state index contributed by atoms with van der Waals surface area (Å²) in [5.74, 6) is 0.787. The topological polar surface area (TPSA) is 30.9 Å².